The maximum absolute atomic E-state index is 6.06. The lowest BCUT2D eigenvalue weighted by molar-refractivity contribution is 0.176. The molecule has 0 heterocycles. The molecule has 0 aliphatic carbocycles. The van der Waals surface area contributed by atoms with Crippen LogP contribution in [0.25, 0.3) is 0 Å². The summed E-state index contributed by atoms with van der Waals surface area (Å²) in [4.78, 5) is 0. The molecule has 4 heteroatoms. The zero-order chi connectivity index (χ0) is 14.5. The average molecular weight is 292 g/mol. The Bertz CT molecular complexity index is 572. The molecule has 0 spiro atoms. The molecule has 2 aromatic rings. The number of para-hydroxylation sites is 1. The van der Waals surface area contributed by atoms with Crippen molar-refractivity contribution in [3.05, 3.63) is 59.1 Å². The molecule has 0 radical (unpaired) electrons. The van der Waals surface area contributed by atoms with E-state index in [4.69, 9.17) is 26.8 Å². The second kappa shape index (κ2) is 6.64. The van der Waals surface area contributed by atoms with Crippen LogP contribution in [0.4, 0.5) is 0 Å². The second-order valence-corrected chi connectivity index (χ2v) is 5.03. The Morgan fingerprint density at radius 1 is 1.10 bits per heavy atom. The van der Waals surface area contributed by atoms with Crippen molar-refractivity contribution < 1.29 is 9.47 Å². The van der Waals surface area contributed by atoms with Gasteiger partial charge in [-0.15, -0.1) is 0 Å². The minimum Gasteiger partial charge on any atom is -0.496 e. The van der Waals surface area contributed by atoms with Gasteiger partial charge in [0.25, 0.3) is 0 Å². The summed E-state index contributed by atoms with van der Waals surface area (Å²) < 4.78 is 11.4. The second-order valence-electron chi connectivity index (χ2n) is 4.60. The van der Waals surface area contributed by atoms with E-state index < -0.39 is 0 Å². The molecule has 0 aromatic heterocycles. The molecular weight excluding hydrogens is 274 g/mol. The summed E-state index contributed by atoms with van der Waals surface area (Å²) >= 11 is 5.98. The SMILES string of the molecule is COc1ccccc1C(Oc1cccc(Cl)c1)C(C)N. The predicted molar refractivity (Wildman–Crippen MR) is 81.5 cm³/mol. The smallest absolute Gasteiger partial charge is 0.142 e. The maximum atomic E-state index is 6.06. The van der Waals surface area contributed by atoms with Crippen molar-refractivity contribution >= 4 is 11.6 Å². The van der Waals surface area contributed by atoms with Crippen molar-refractivity contribution in [2.75, 3.05) is 7.11 Å². The number of hydrogen-bond donors (Lipinski definition) is 1. The average Bonchev–Trinajstić information content (AvgIpc) is 2.44. The van der Waals surface area contributed by atoms with E-state index in [2.05, 4.69) is 0 Å². The number of ether oxygens (including phenoxy) is 2. The lowest BCUT2D eigenvalue weighted by Gasteiger charge is -2.24. The van der Waals surface area contributed by atoms with E-state index in [0.717, 1.165) is 11.3 Å². The zero-order valence-electron chi connectivity index (χ0n) is 11.5. The Labute approximate surface area is 124 Å². The molecule has 0 fully saturated rings. The van der Waals surface area contributed by atoms with Crippen LogP contribution in [0.3, 0.4) is 0 Å². The van der Waals surface area contributed by atoms with Crippen LogP contribution in [0.1, 0.15) is 18.6 Å². The van der Waals surface area contributed by atoms with Crippen molar-refractivity contribution in [3.8, 4) is 11.5 Å². The molecule has 2 aromatic carbocycles. The number of nitrogens with two attached hydrogens (primary N) is 1. The first-order valence-corrected chi connectivity index (χ1v) is 6.80. The molecule has 3 nitrogen and oxygen atoms in total. The third kappa shape index (κ3) is 3.44. The molecule has 20 heavy (non-hydrogen) atoms. The number of halogens is 1. The van der Waals surface area contributed by atoms with E-state index in [-0.39, 0.29) is 12.1 Å². The summed E-state index contributed by atoms with van der Waals surface area (Å²) in [5.41, 5.74) is 6.99. The number of rotatable bonds is 5. The van der Waals surface area contributed by atoms with Crippen molar-refractivity contribution in [1.82, 2.24) is 0 Å². The summed E-state index contributed by atoms with van der Waals surface area (Å²) in [6.07, 6.45) is -0.301. The Morgan fingerprint density at radius 2 is 1.85 bits per heavy atom. The molecule has 2 atom stereocenters. The van der Waals surface area contributed by atoms with Crippen molar-refractivity contribution in [2.24, 2.45) is 5.73 Å². The number of hydrogen-bond acceptors (Lipinski definition) is 3. The van der Waals surface area contributed by atoms with Crippen molar-refractivity contribution in [3.63, 3.8) is 0 Å². The van der Waals surface area contributed by atoms with E-state index in [9.17, 15) is 0 Å². The zero-order valence-corrected chi connectivity index (χ0v) is 12.3. The fourth-order valence-electron chi connectivity index (χ4n) is 2.04. The van der Waals surface area contributed by atoms with Gasteiger partial charge in [0.2, 0.25) is 0 Å². The van der Waals surface area contributed by atoms with Gasteiger partial charge in [-0.05, 0) is 31.2 Å². The highest BCUT2D eigenvalue weighted by molar-refractivity contribution is 6.30. The van der Waals surface area contributed by atoms with E-state index >= 15 is 0 Å². The summed E-state index contributed by atoms with van der Waals surface area (Å²) in [6, 6.07) is 14.8. The third-order valence-corrected chi connectivity index (χ3v) is 3.22. The Balaban J connectivity index is 2.32. The third-order valence-electron chi connectivity index (χ3n) is 2.98. The molecular formula is C16H18ClNO2. The molecule has 2 rings (SSSR count). The maximum Gasteiger partial charge on any atom is 0.142 e. The molecule has 0 amide bonds. The summed E-state index contributed by atoms with van der Waals surface area (Å²) in [5.74, 6) is 1.45. The fourth-order valence-corrected chi connectivity index (χ4v) is 2.22. The highest BCUT2D eigenvalue weighted by Crippen LogP contribution is 2.31. The Kier molecular flexibility index (Phi) is 4.88. The predicted octanol–water partition coefficient (Wildman–Crippen LogP) is 3.82. The van der Waals surface area contributed by atoms with Gasteiger partial charge in [-0.1, -0.05) is 35.9 Å². The molecule has 0 aliphatic heterocycles. The van der Waals surface area contributed by atoms with Crippen LogP contribution in [0.2, 0.25) is 5.02 Å². The fraction of sp³-hybridized carbons (Fsp3) is 0.250. The van der Waals surface area contributed by atoms with Gasteiger partial charge in [0.15, 0.2) is 0 Å². The highest BCUT2D eigenvalue weighted by Gasteiger charge is 2.21. The molecule has 0 aliphatic rings. The lowest BCUT2D eigenvalue weighted by Crippen LogP contribution is -2.29. The Hall–Kier alpha value is -1.71. The van der Waals surface area contributed by atoms with E-state index in [1.807, 2.05) is 43.3 Å². The van der Waals surface area contributed by atoms with E-state index in [1.54, 1.807) is 19.2 Å². The normalized spacial score (nSPS) is 13.6. The van der Waals surface area contributed by atoms with Crippen LogP contribution in [0.5, 0.6) is 11.5 Å². The van der Waals surface area contributed by atoms with Crippen LogP contribution in [-0.2, 0) is 0 Å². The van der Waals surface area contributed by atoms with Crippen LogP contribution >= 0.6 is 11.6 Å². The van der Waals surface area contributed by atoms with Crippen LogP contribution in [0, 0.1) is 0 Å². The molecule has 2 unspecified atom stereocenters. The molecule has 0 saturated heterocycles. The van der Waals surface area contributed by atoms with Gasteiger partial charge in [-0.2, -0.15) is 0 Å². The van der Waals surface area contributed by atoms with E-state index in [0.29, 0.717) is 10.8 Å². The monoisotopic (exact) mass is 291 g/mol. The van der Waals surface area contributed by atoms with Gasteiger partial charge in [-0.3, -0.25) is 0 Å². The first kappa shape index (κ1) is 14.7. The minimum atomic E-state index is -0.301. The molecule has 2 N–H and O–H groups in total. The van der Waals surface area contributed by atoms with Gasteiger partial charge in [0.05, 0.1) is 7.11 Å². The topological polar surface area (TPSA) is 44.5 Å². The van der Waals surface area contributed by atoms with Gasteiger partial charge >= 0.3 is 0 Å². The van der Waals surface area contributed by atoms with Gasteiger partial charge in [0, 0.05) is 16.6 Å². The van der Waals surface area contributed by atoms with E-state index in [1.165, 1.54) is 0 Å². The number of benzene rings is 2. The summed E-state index contributed by atoms with van der Waals surface area (Å²) in [5, 5.41) is 0.631. The summed E-state index contributed by atoms with van der Waals surface area (Å²) in [6.45, 7) is 1.90. The highest BCUT2D eigenvalue weighted by atomic mass is 35.5. The summed E-state index contributed by atoms with van der Waals surface area (Å²) in [7, 11) is 1.64. The van der Waals surface area contributed by atoms with Crippen molar-refractivity contribution in [2.45, 2.75) is 19.1 Å². The number of methoxy groups -OCH3 is 1. The van der Waals surface area contributed by atoms with Gasteiger partial charge < -0.3 is 15.2 Å². The van der Waals surface area contributed by atoms with Gasteiger partial charge in [-0.25, -0.2) is 0 Å². The largest absolute Gasteiger partial charge is 0.496 e. The van der Waals surface area contributed by atoms with Crippen LogP contribution < -0.4 is 15.2 Å². The quantitative estimate of drug-likeness (QED) is 0.911. The first-order chi connectivity index (χ1) is 9.61. The van der Waals surface area contributed by atoms with Crippen molar-refractivity contribution in [1.29, 1.82) is 0 Å². The molecule has 0 bridgehead atoms. The molecule has 106 valence electrons. The molecule has 0 saturated carbocycles. The lowest BCUT2D eigenvalue weighted by atomic mass is 10.0. The van der Waals surface area contributed by atoms with Crippen LogP contribution in [-0.4, -0.2) is 13.2 Å². The Morgan fingerprint density at radius 3 is 2.50 bits per heavy atom. The standard InChI is InChI=1S/C16H18ClNO2/c1-11(18)16(14-8-3-4-9-15(14)19-2)20-13-7-5-6-12(17)10-13/h3-11,16H,18H2,1-2H3. The first-order valence-electron chi connectivity index (χ1n) is 6.42. The van der Waals surface area contributed by atoms with Gasteiger partial charge in [0.1, 0.15) is 17.6 Å². The van der Waals surface area contributed by atoms with Crippen LogP contribution in [0.15, 0.2) is 48.5 Å². The minimum absolute atomic E-state index is 0.190.